The summed E-state index contributed by atoms with van der Waals surface area (Å²) in [7, 11) is 0. The van der Waals surface area contributed by atoms with Gasteiger partial charge in [-0.1, -0.05) is 37.3 Å². The van der Waals surface area contributed by atoms with Crippen LogP contribution in [0.15, 0.2) is 67.0 Å². The van der Waals surface area contributed by atoms with E-state index < -0.39 is 0 Å². The van der Waals surface area contributed by atoms with E-state index in [1.54, 1.807) is 25.3 Å². The highest BCUT2D eigenvalue weighted by atomic mass is 16.5. The number of ether oxygens (including phenoxy) is 2. The standard InChI is InChI=1S/C25H29N3O4/c1-3-31-25(30)19(2)16-22-11-10-20(18-28-14-7-12-27-28)17-23(22)32-15-13-26-24(29)21-8-5-4-6-9-21/h4-12,14,17,19H,3,13,15-16,18H2,1-2H3,(H,26,29). The Kier molecular flexibility index (Phi) is 8.43. The van der Waals surface area contributed by atoms with Crippen molar-refractivity contribution >= 4 is 11.9 Å². The van der Waals surface area contributed by atoms with Gasteiger partial charge in [-0.3, -0.25) is 14.3 Å². The van der Waals surface area contributed by atoms with Crippen LogP contribution in [0.5, 0.6) is 5.75 Å². The van der Waals surface area contributed by atoms with Crippen molar-refractivity contribution in [3.05, 3.63) is 83.7 Å². The number of hydrogen-bond donors (Lipinski definition) is 1. The van der Waals surface area contributed by atoms with E-state index in [0.29, 0.717) is 44.0 Å². The van der Waals surface area contributed by atoms with Gasteiger partial charge in [0.05, 0.1) is 25.6 Å². The van der Waals surface area contributed by atoms with Crippen LogP contribution in [-0.4, -0.2) is 41.4 Å². The summed E-state index contributed by atoms with van der Waals surface area (Å²) >= 11 is 0. The molecule has 0 radical (unpaired) electrons. The summed E-state index contributed by atoms with van der Waals surface area (Å²) in [6, 6.07) is 16.9. The van der Waals surface area contributed by atoms with Crippen LogP contribution in [0.2, 0.25) is 0 Å². The van der Waals surface area contributed by atoms with Gasteiger partial charge in [0, 0.05) is 18.0 Å². The number of nitrogens with one attached hydrogen (secondary N) is 1. The first-order valence-corrected chi connectivity index (χ1v) is 10.8. The number of amides is 1. The summed E-state index contributed by atoms with van der Waals surface area (Å²) in [6.45, 7) is 5.29. The average Bonchev–Trinajstić information content (AvgIpc) is 3.31. The molecule has 1 heterocycles. The molecule has 1 aromatic heterocycles. The number of rotatable bonds is 11. The second-order valence-electron chi connectivity index (χ2n) is 7.47. The van der Waals surface area contributed by atoms with Crippen molar-refractivity contribution < 1.29 is 19.1 Å². The third-order valence-corrected chi connectivity index (χ3v) is 4.93. The molecule has 0 aliphatic rings. The van der Waals surface area contributed by atoms with Gasteiger partial charge in [-0.2, -0.15) is 5.10 Å². The highest BCUT2D eigenvalue weighted by Crippen LogP contribution is 2.24. The number of nitrogens with zero attached hydrogens (tertiary/aromatic N) is 2. The van der Waals surface area contributed by atoms with E-state index in [4.69, 9.17) is 9.47 Å². The van der Waals surface area contributed by atoms with E-state index in [1.807, 2.05) is 60.3 Å². The lowest BCUT2D eigenvalue weighted by Crippen LogP contribution is -2.28. The molecule has 0 aliphatic carbocycles. The fraction of sp³-hybridized carbons (Fsp3) is 0.320. The van der Waals surface area contributed by atoms with Crippen LogP contribution < -0.4 is 10.1 Å². The number of carbonyl (C=O) groups is 2. The molecule has 0 saturated carbocycles. The predicted octanol–water partition coefficient (Wildman–Crippen LogP) is 3.48. The van der Waals surface area contributed by atoms with E-state index in [1.165, 1.54) is 0 Å². The molecular formula is C25H29N3O4. The van der Waals surface area contributed by atoms with Gasteiger partial charge in [0.1, 0.15) is 12.4 Å². The van der Waals surface area contributed by atoms with Crippen molar-refractivity contribution in [1.29, 1.82) is 0 Å². The zero-order chi connectivity index (χ0) is 22.8. The van der Waals surface area contributed by atoms with Gasteiger partial charge in [0.15, 0.2) is 0 Å². The Morgan fingerprint density at radius 2 is 1.94 bits per heavy atom. The van der Waals surface area contributed by atoms with E-state index >= 15 is 0 Å². The Bertz CT molecular complexity index is 1000. The van der Waals surface area contributed by atoms with Crippen molar-refractivity contribution in [1.82, 2.24) is 15.1 Å². The van der Waals surface area contributed by atoms with Gasteiger partial charge in [-0.15, -0.1) is 0 Å². The van der Waals surface area contributed by atoms with Crippen LogP contribution in [-0.2, 0) is 22.5 Å². The van der Waals surface area contributed by atoms with Crippen molar-refractivity contribution in [3.8, 4) is 5.75 Å². The number of carbonyl (C=O) groups excluding carboxylic acids is 2. The smallest absolute Gasteiger partial charge is 0.308 e. The lowest BCUT2D eigenvalue weighted by molar-refractivity contribution is -0.147. The highest BCUT2D eigenvalue weighted by molar-refractivity contribution is 5.94. The van der Waals surface area contributed by atoms with Gasteiger partial charge in [0.25, 0.3) is 5.91 Å². The minimum atomic E-state index is -0.285. The van der Waals surface area contributed by atoms with E-state index in [-0.39, 0.29) is 17.8 Å². The lowest BCUT2D eigenvalue weighted by atomic mass is 9.99. The quantitative estimate of drug-likeness (QED) is 0.368. The molecule has 168 valence electrons. The summed E-state index contributed by atoms with van der Waals surface area (Å²) in [4.78, 5) is 24.3. The maximum Gasteiger partial charge on any atom is 0.308 e. The molecule has 1 atom stereocenters. The van der Waals surface area contributed by atoms with Gasteiger partial charge < -0.3 is 14.8 Å². The topological polar surface area (TPSA) is 82.5 Å². The van der Waals surface area contributed by atoms with Crippen molar-refractivity contribution in [2.24, 2.45) is 5.92 Å². The van der Waals surface area contributed by atoms with Gasteiger partial charge in [0.2, 0.25) is 0 Å². The molecule has 0 bridgehead atoms. The van der Waals surface area contributed by atoms with Crippen molar-refractivity contribution in [3.63, 3.8) is 0 Å². The predicted molar refractivity (Wildman–Crippen MR) is 122 cm³/mol. The van der Waals surface area contributed by atoms with E-state index in [9.17, 15) is 9.59 Å². The molecule has 2 aromatic carbocycles. The number of esters is 1. The molecule has 1 amide bonds. The molecule has 0 aliphatic heterocycles. The summed E-state index contributed by atoms with van der Waals surface area (Å²) in [5.74, 6) is 0.0406. The largest absolute Gasteiger partial charge is 0.491 e. The maximum absolute atomic E-state index is 12.2. The van der Waals surface area contributed by atoms with Crippen LogP contribution in [0.25, 0.3) is 0 Å². The van der Waals surface area contributed by atoms with Crippen LogP contribution in [0.4, 0.5) is 0 Å². The Labute approximate surface area is 188 Å². The first-order chi connectivity index (χ1) is 15.6. The van der Waals surface area contributed by atoms with Crippen molar-refractivity contribution in [2.75, 3.05) is 19.8 Å². The van der Waals surface area contributed by atoms with E-state index in [2.05, 4.69) is 10.4 Å². The molecule has 3 rings (SSSR count). The third-order valence-electron chi connectivity index (χ3n) is 4.93. The van der Waals surface area contributed by atoms with Gasteiger partial charge in [-0.05, 0) is 48.7 Å². The molecule has 1 N–H and O–H groups in total. The SMILES string of the molecule is CCOC(=O)C(C)Cc1ccc(Cn2cccn2)cc1OCCNC(=O)c1ccccc1. The Morgan fingerprint density at radius 3 is 2.66 bits per heavy atom. The Morgan fingerprint density at radius 1 is 1.12 bits per heavy atom. The van der Waals surface area contributed by atoms with Crippen LogP contribution in [0.3, 0.4) is 0 Å². The molecule has 1 unspecified atom stereocenters. The molecule has 3 aromatic rings. The first kappa shape index (κ1) is 23.1. The first-order valence-electron chi connectivity index (χ1n) is 10.8. The minimum Gasteiger partial charge on any atom is -0.491 e. The molecule has 0 spiro atoms. The third kappa shape index (κ3) is 6.70. The monoisotopic (exact) mass is 435 g/mol. The highest BCUT2D eigenvalue weighted by Gasteiger charge is 2.17. The molecule has 32 heavy (non-hydrogen) atoms. The second kappa shape index (κ2) is 11.7. The summed E-state index contributed by atoms with van der Waals surface area (Å²) in [5.41, 5.74) is 2.56. The Balaban J connectivity index is 1.65. The van der Waals surface area contributed by atoms with Crippen LogP contribution in [0, 0.1) is 5.92 Å². The average molecular weight is 436 g/mol. The Hall–Kier alpha value is -3.61. The summed E-state index contributed by atoms with van der Waals surface area (Å²) in [5, 5.41) is 7.11. The normalized spacial score (nSPS) is 11.6. The number of benzene rings is 2. The van der Waals surface area contributed by atoms with Crippen LogP contribution >= 0.6 is 0 Å². The molecule has 7 nitrogen and oxygen atoms in total. The fourth-order valence-electron chi connectivity index (χ4n) is 3.30. The van der Waals surface area contributed by atoms with Gasteiger partial charge >= 0.3 is 5.97 Å². The fourth-order valence-corrected chi connectivity index (χ4v) is 3.30. The number of hydrogen-bond acceptors (Lipinski definition) is 5. The molecule has 0 fully saturated rings. The molecule has 7 heteroatoms. The second-order valence-corrected chi connectivity index (χ2v) is 7.47. The zero-order valence-electron chi connectivity index (χ0n) is 18.5. The molecular weight excluding hydrogens is 406 g/mol. The summed E-state index contributed by atoms with van der Waals surface area (Å²) in [6.07, 6.45) is 4.14. The van der Waals surface area contributed by atoms with Crippen molar-refractivity contribution in [2.45, 2.75) is 26.8 Å². The summed E-state index contributed by atoms with van der Waals surface area (Å²) < 4.78 is 13.0. The zero-order valence-corrected chi connectivity index (χ0v) is 18.5. The maximum atomic E-state index is 12.2. The minimum absolute atomic E-state index is 0.141. The number of aromatic nitrogens is 2. The lowest BCUT2D eigenvalue weighted by Gasteiger charge is -2.16. The molecule has 0 saturated heterocycles. The van der Waals surface area contributed by atoms with Gasteiger partial charge in [-0.25, -0.2) is 0 Å². The van der Waals surface area contributed by atoms with Crippen LogP contribution in [0.1, 0.15) is 35.3 Å². The van der Waals surface area contributed by atoms with E-state index in [0.717, 1.165) is 11.1 Å².